The number of alkyl halides is 3. The van der Waals surface area contributed by atoms with Crippen LogP contribution in [0.5, 0.6) is 5.75 Å². The highest BCUT2D eigenvalue weighted by atomic mass is 19.4. The molecule has 1 aliphatic rings. The summed E-state index contributed by atoms with van der Waals surface area (Å²) in [4.78, 5) is 31.4. The molecular weight excluding hydrogens is 347 g/mol. The van der Waals surface area contributed by atoms with E-state index in [0.717, 1.165) is 0 Å². The lowest BCUT2D eigenvalue weighted by Gasteiger charge is -2.30. The van der Waals surface area contributed by atoms with Crippen molar-refractivity contribution in [3.05, 3.63) is 18.3 Å². The first-order valence-electron chi connectivity index (χ1n) is 7.24. The molecule has 1 fully saturated rings. The molecule has 0 aromatic carbocycles. The number of pyridine rings is 1. The summed E-state index contributed by atoms with van der Waals surface area (Å²) in [5, 5.41) is 3.07. The molecule has 0 bridgehead atoms. The number of amides is 1. The van der Waals surface area contributed by atoms with Crippen LogP contribution in [0.3, 0.4) is 0 Å². The second kappa shape index (κ2) is 8.12. The smallest absolute Gasteiger partial charge is 0.490 e. The molecule has 1 aromatic rings. The van der Waals surface area contributed by atoms with E-state index in [1.165, 1.54) is 25.4 Å². The lowest BCUT2D eigenvalue weighted by atomic mass is 10.0. The minimum absolute atomic E-state index is 0.247. The largest absolute Gasteiger partial charge is 0.493 e. The fourth-order valence-electron chi connectivity index (χ4n) is 1.79. The van der Waals surface area contributed by atoms with Crippen LogP contribution in [0.2, 0.25) is 0 Å². The molecule has 1 amide bonds. The van der Waals surface area contributed by atoms with E-state index in [4.69, 9.17) is 9.47 Å². The Morgan fingerprint density at radius 3 is 2.52 bits per heavy atom. The predicted octanol–water partition coefficient (Wildman–Crippen LogP) is 0.680. The number of hydrogen-bond acceptors (Lipinski definition) is 7. The van der Waals surface area contributed by atoms with Gasteiger partial charge in [0.1, 0.15) is 12.4 Å². The molecule has 0 aliphatic carbocycles. The van der Waals surface area contributed by atoms with Gasteiger partial charge in [0.25, 0.3) is 5.91 Å². The van der Waals surface area contributed by atoms with Crippen LogP contribution in [0.25, 0.3) is 0 Å². The third kappa shape index (κ3) is 5.03. The first-order chi connectivity index (χ1) is 11.8. The molecule has 0 unspecified atom stereocenters. The number of ether oxygens (including phenoxy) is 2. The van der Waals surface area contributed by atoms with Gasteiger partial charge >= 0.3 is 12.1 Å². The topological polar surface area (TPSA) is 90.0 Å². The Labute approximate surface area is 140 Å². The van der Waals surface area contributed by atoms with Gasteiger partial charge in [0, 0.05) is 20.2 Å². The van der Waals surface area contributed by atoms with Crippen molar-refractivity contribution in [2.24, 2.45) is 5.92 Å². The van der Waals surface area contributed by atoms with Crippen molar-refractivity contribution in [1.29, 1.82) is 0 Å². The number of rotatable bonds is 6. The SMILES string of the molecule is COCCOc1ccc(N(OC(=O)C(F)(F)F)C(=O)C2CNC2)nc1. The Morgan fingerprint density at radius 2 is 2.04 bits per heavy atom. The molecule has 25 heavy (non-hydrogen) atoms. The van der Waals surface area contributed by atoms with Crippen LogP contribution in [0.1, 0.15) is 0 Å². The van der Waals surface area contributed by atoms with E-state index < -0.39 is 24.0 Å². The fourth-order valence-corrected chi connectivity index (χ4v) is 1.79. The monoisotopic (exact) mass is 363 g/mol. The Morgan fingerprint density at radius 1 is 1.32 bits per heavy atom. The third-order valence-electron chi connectivity index (χ3n) is 3.22. The summed E-state index contributed by atoms with van der Waals surface area (Å²) in [5.41, 5.74) is 0. The molecule has 11 heteroatoms. The van der Waals surface area contributed by atoms with Gasteiger partial charge in [-0.1, -0.05) is 0 Å². The van der Waals surface area contributed by atoms with Gasteiger partial charge in [-0.25, -0.2) is 9.78 Å². The summed E-state index contributed by atoms with van der Waals surface area (Å²) in [7, 11) is 1.50. The molecule has 2 rings (SSSR count). The third-order valence-corrected chi connectivity index (χ3v) is 3.22. The average Bonchev–Trinajstić information content (AvgIpc) is 2.50. The fraction of sp³-hybridized carbons (Fsp3) is 0.500. The van der Waals surface area contributed by atoms with Crippen molar-refractivity contribution < 1.29 is 37.1 Å². The van der Waals surface area contributed by atoms with Gasteiger partial charge in [-0.05, 0) is 12.1 Å². The number of aromatic nitrogens is 1. The van der Waals surface area contributed by atoms with Crippen molar-refractivity contribution in [2.75, 3.05) is 38.5 Å². The van der Waals surface area contributed by atoms with Crippen LogP contribution in [-0.2, 0) is 19.2 Å². The first kappa shape index (κ1) is 18.9. The highest BCUT2D eigenvalue weighted by Crippen LogP contribution is 2.23. The minimum atomic E-state index is -5.24. The molecule has 8 nitrogen and oxygen atoms in total. The van der Waals surface area contributed by atoms with Crippen LogP contribution in [-0.4, -0.2) is 56.4 Å². The lowest BCUT2D eigenvalue weighted by Crippen LogP contribution is -2.53. The second-order valence-corrected chi connectivity index (χ2v) is 5.06. The van der Waals surface area contributed by atoms with Gasteiger partial charge in [-0.2, -0.15) is 13.2 Å². The molecule has 0 spiro atoms. The van der Waals surface area contributed by atoms with Crippen molar-refractivity contribution >= 4 is 17.7 Å². The number of nitrogens with one attached hydrogen (secondary N) is 1. The first-order valence-corrected chi connectivity index (χ1v) is 7.24. The minimum Gasteiger partial charge on any atom is -0.490 e. The summed E-state index contributed by atoms with van der Waals surface area (Å²) in [6.45, 7) is 1.13. The molecule has 1 N–H and O–H groups in total. The van der Waals surface area contributed by atoms with Crippen molar-refractivity contribution in [3.63, 3.8) is 0 Å². The summed E-state index contributed by atoms with van der Waals surface area (Å²) in [6.07, 6.45) is -4.04. The van der Waals surface area contributed by atoms with Crippen LogP contribution in [0, 0.1) is 5.92 Å². The average molecular weight is 363 g/mol. The van der Waals surface area contributed by atoms with Gasteiger partial charge in [-0.15, -0.1) is 5.06 Å². The number of methoxy groups -OCH3 is 1. The number of carbonyl (C=O) groups is 2. The summed E-state index contributed by atoms with van der Waals surface area (Å²) >= 11 is 0. The van der Waals surface area contributed by atoms with E-state index in [1.807, 2.05) is 0 Å². The van der Waals surface area contributed by atoms with Gasteiger partial charge in [0.2, 0.25) is 0 Å². The number of hydrogen-bond donors (Lipinski definition) is 1. The highest BCUT2D eigenvalue weighted by molar-refractivity contribution is 5.95. The zero-order valence-electron chi connectivity index (χ0n) is 13.2. The standard InChI is InChI=1S/C14H16F3N3O5/c1-23-4-5-24-10-2-3-11(19-8-10)20(12(21)9-6-18-7-9)25-13(22)14(15,16)17/h2-3,8-9,18H,4-7H2,1H3. The quantitative estimate of drug-likeness (QED) is 0.587. The van der Waals surface area contributed by atoms with Crippen LogP contribution >= 0.6 is 0 Å². The number of carbonyl (C=O) groups excluding carboxylic acids is 2. The molecular formula is C14H16F3N3O5. The maximum absolute atomic E-state index is 12.4. The van der Waals surface area contributed by atoms with E-state index >= 15 is 0 Å². The molecule has 0 atom stereocenters. The van der Waals surface area contributed by atoms with Crippen LogP contribution in [0.4, 0.5) is 19.0 Å². The van der Waals surface area contributed by atoms with E-state index in [-0.39, 0.29) is 30.6 Å². The van der Waals surface area contributed by atoms with Crippen LogP contribution in [0.15, 0.2) is 18.3 Å². The summed E-state index contributed by atoms with van der Waals surface area (Å²) in [6, 6.07) is 2.61. The van der Waals surface area contributed by atoms with E-state index in [2.05, 4.69) is 15.1 Å². The van der Waals surface area contributed by atoms with Crippen molar-refractivity contribution in [3.8, 4) is 5.75 Å². The summed E-state index contributed by atoms with van der Waals surface area (Å²) < 4.78 is 47.4. The number of halogens is 3. The number of anilines is 1. The molecule has 138 valence electrons. The zero-order valence-corrected chi connectivity index (χ0v) is 13.2. The summed E-state index contributed by atoms with van der Waals surface area (Å²) in [5.74, 6) is -3.83. The lowest BCUT2D eigenvalue weighted by molar-refractivity contribution is -0.202. The van der Waals surface area contributed by atoms with Crippen molar-refractivity contribution in [2.45, 2.75) is 6.18 Å². The van der Waals surface area contributed by atoms with Gasteiger partial charge in [-0.3, -0.25) is 4.79 Å². The van der Waals surface area contributed by atoms with Gasteiger partial charge in [0.15, 0.2) is 5.82 Å². The molecule has 1 saturated heterocycles. The van der Waals surface area contributed by atoms with Crippen molar-refractivity contribution in [1.82, 2.24) is 10.3 Å². The Hall–Kier alpha value is -2.40. The number of hydroxylamine groups is 1. The Balaban J connectivity index is 2.13. The zero-order chi connectivity index (χ0) is 18.4. The Kier molecular flexibility index (Phi) is 6.15. The highest BCUT2D eigenvalue weighted by Gasteiger charge is 2.45. The van der Waals surface area contributed by atoms with E-state index in [0.29, 0.717) is 12.4 Å². The van der Waals surface area contributed by atoms with Gasteiger partial charge in [0.05, 0.1) is 18.7 Å². The molecule has 0 saturated carbocycles. The molecule has 2 heterocycles. The normalized spacial score (nSPS) is 14.6. The Bertz CT molecular complexity index is 605. The molecule has 1 aliphatic heterocycles. The van der Waals surface area contributed by atoms with Gasteiger partial charge < -0.3 is 19.6 Å². The van der Waals surface area contributed by atoms with Crippen LogP contribution < -0.4 is 15.1 Å². The molecule has 1 aromatic heterocycles. The molecule has 0 radical (unpaired) electrons. The second-order valence-electron chi connectivity index (χ2n) is 5.06. The maximum Gasteiger partial charge on any atom is 0.493 e. The van der Waals surface area contributed by atoms with E-state index in [1.54, 1.807) is 0 Å². The maximum atomic E-state index is 12.4. The van der Waals surface area contributed by atoms with E-state index in [9.17, 15) is 22.8 Å². The number of nitrogens with zero attached hydrogens (tertiary/aromatic N) is 2. The predicted molar refractivity (Wildman–Crippen MR) is 77.6 cm³/mol.